The number of hydrogen-bond donors (Lipinski definition) is 2. The lowest BCUT2D eigenvalue weighted by Gasteiger charge is -2.34. The van der Waals surface area contributed by atoms with Crippen molar-refractivity contribution in [2.75, 3.05) is 32.0 Å². The Balaban J connectivity index is 2.08. The van der Waals surface area contributed by atoms with Gasteiger partial charge in [0.05, 0.1) is 12.7 Å². The number of hydrogen-bond acceptors (Lipinski definition) is 4. The molecule has 1 fully saturated rings. The van der Waals surface area contributed by atoms with Crippen LogP contribution < -0.4 is 11.5 Å². The molecule has 1 aliphatic rings. The van der Waals surface area contributed by atoms with Crippen LogP contribution in [0.15, 0.2) is 18.2 Å². The molecule has 1 saturated heterocycles. The maximum absolute atomic E-state index is 5.89. The first-order valence-corrected chi connectivity index (χ1v) is 7.02. The van der Waals surface area contributed by atoms with Crippen molar-refractivity contribution < 1.29 is 4.74 Å². The molecule has 1 aromatic rings. The molecule has 1 atom stereocenters. The molecule has 4 heteroatoms. The molecular weight excluding hydrogens is 238 g/mol. The van der Waals surface area contributed by atoms with Crippen molar-refractivity contribution in [3.63, 3.8) is 0 Å². The van der Waals surface area contributed by atoms with E-state index in [0.717, 1.165) is 37.5 Å². The van der Waals surface area contributed by atoms with Crippen molar-refractivity contribution in [2.45, 2.75) is 26.5 Å². The molecule has 0 saturated carbocycles. The number of rotatable bonds is 4. The third-order valence-corrected chi connectivity index (χ3v) is 3.53. The van der Waals surface area contributed by atoms with E-state index < -0.39 is 0 Å². The van der Waals surface area contributed by atoms with Gasteiger partial charge in [-0.25, -0.2) is 0 Å². The van der Waals surface area contributed by atoms with E-state index in [0.29, 0.717) is 12.5 Å². The number of nitrogens with zero attached hydrogens (tertiary/aromatic N) is 1. The minimum atomic E-state index is 0.137. The molecule has 0 bridgehead atoms. The fourth-order valence-electron chi connectivity index (χ4n) is 2.59. The second kappa shape index (κ2) is 6.37. The first-order valence-electron chi connectivity index (χ1n) is 7.02. The normalized spacial score (nSPS) is 20.9. The molecule has 4 nitrogen and oxygen atoms in total. The Morgan fingerprint density at radius 3 is 2.89 bits per heavy atom. The predicted molar refractivity (Wildman–Crippen MR) is 78.7 cm³/mol. The molecule has 2 rings (SSSR count). The Hall–Kier alpha value is -1.10. The fraction of sp³-hybridized carbons (Fsp3) is 0.600. The van der Waals surface area contributed by atoms with E-state index in [-0.39, 0.29) is 6.10 Å². The van der Waals surface area contributed by atoms with E-state index in [9.17, 15) is 0 Å². The van der Waals surface area contributed by atoms with Crippen LogP contribution in [0.5, 0.6) is 0 Å². The van der Waals surface area contributed by atoms with E-state index in [1.807, 2.05) is 6.07 Å². The average molecular weight is 263 g/mol. The molecule has 0 radical (unpaired) electrons. The number of benzene rings is 1. The molecule has 4 N–H and O–H groups in total. The van der Waals surface area contributed by atoms with Crippen LogP contribution in [0, 0.1) is 5.92 Å². The SMILES string of the molecule is CC(C)CN1CCO[C@H](c2ccc(N)c(CN)c2)C1. The van der Waals surface area contributed by atoms with E-state index in [2.05, 4.69) is 30.9 Å². The summed E-state index contributed by atoms with van der Waals surface area (Å²) in [6.07, 6.45) is 0.137. The average Bonchev–Trinajstić information content (AvgIpc) is 2.39. The highest BCUT2D eigenvalue weighted by Crippen LogP contribution is 2.25. The summed E-state index contributed by atoms with van der Waals surface area (Å²) in [5.41, 5.74) is 14.6. The largest absolute Gasteiger partial charge is 0.398 e. The van der Waals surface area contributed by atoms with Crippen LogP contribution in [0.1, 0.15) is 31.1 Å². The molecule has 1 aromatic carbocycles. The summed E-state index contributed by atoms with van der Waals surface area (Å²) in [6.45, 7) is 8.86. The lowest BCUT2D eigenvalue weighted by atomic mass is 10.0. The molecule has 0 aliphatic carbocycles. The molecular formula is C15H25N3O. The summed E-state index contributed by atoms with van der Waals surface area (Å²) in [5.74, 6) is 0.685. The van der Waals surface area contributed by atoms with E-state index in [1.54, 1.807) is 0 Å². The van der Waals surface area contributed by atoms with Crippen molar-refractivity contribution in [1.82, 2.24) is 4.90 Å². The minimum absolute atomic E-state index is 0.137. The molecule has 0 spiro atoms. The van der Waals surface area contributed by atoms with Crippen LogP contribution in [0.3, 0.4) is 0 Å². The Morgan fingerprint density at radius 1 is 1.42 bits per heavy atom. The quantitative estimate of drug-likeness (QED) is 0.812. The summed E-state index contributed by atoms with van der Waals surface area (Å²) >= 11 is 0. The molecule has 0 amide bonds. The first kappa shape index (κ1) is 14.3. The van der Waals surface area contributed by atoms with Gasteiger partial charge < -0.3 is 16.2 Å². The number of anilines is 1. The van der Waals surface area contributed by atoms with Crippen LogP contribution in [0.4, 0.5) is 5.69 Å². The second-order valence-electron chi connectivity index (χ2n) is 5.68. The maximum atomic E-state index is 5.89. The highest BCUT2D eigenvalue weighted by atomic mass is 16.5. The van der Waals surface area contributed by atoms with Gasteiger partial charge in [0.2, 0.25) is 0 Å². The molecule has 1 heterocycles. The zero-order chi connectivity index (χ0) is 13.8. The van der Waals surface area contributed by atoms with Crippen LogP contribution in [0.25, 0.3) is 0 Å². The van der Waals surface area contributed by atoms with Crippen molar-refractivity contribution in [3.05, 3.63) is 29.3 Å². The maximum Gasteiger partial charge on any atom is 0.0952 e. The summed E-state index contributed by atoms with van der Waals surface area (Å²) < 4.78 is 5.89. The van der Waals surface area contributed by atoms with Gasteiger partial charge >= 0.3 is 0 Å². The van der Waals surface area contributed by atoms with Gasteiger partial charge in [-0.1, -0.05) is 19.9 Å². The first-order chi connectivity index (χ1) is 9.10. The zero-order valence-corrected chi connectivity index (χ0v) is 11.9. The highest BCUT2D eigenvalue weighted by molar-refractivity contribution is 5.49. The van der Waals surface area contributed by atoms with Gasteiger partial charge in [-0.05, 0) is 29.2 Å². The lowest BCUT2D eigenvalue weighted by molar-refractivity contribution is -0.0332. The van der Waals surface area contributed by atoms with Gasteiger partial charge in [0.25, 0.3) is 0 Å². The highest BCUT2D eigenvalue weighted by Gasteiger charge is 2.22. The molecule has 1 aliphatic heterocycles. The van der Waals surface area contributed by atoms with Gasteiger partial charge in [0.15, 0.2) is 0 Å². The van der Waals surface area contributed by atoms with Crippen LogP contribution >= 0.6 is 0 Å². The number of nitrogens with two attached hydrogens (primary N) is 2. The summed E-state index contributed by atoms with van der Waals surface area (Å²) in [4.78, 5) is 2.47. The lowest BCUT2D eigenvalue weighted by Crippen LogP contribution is -2.40. The van der Waals surface area contributed by atoms with E-state index >= 15 is 0 Å². The van der Waals surface area contributed by atoms with Crippen molar-refractivity contribution in [1.29, 1.82) is 0 Å². The Kier molecular flexibility index (Phi) is 4.80. The molecule has 0 aromatic heterocycles. The van der Waals surface area contributed by atoms with Crippen molar-refractivity contribution >= 4 is 5.69 Å². The van der Waals surface area contributed by atoms with Gasteiger partial charge in [0.1, 0.15) is 0 Å². The summed E-state index contributed by atoms with van der Waals surface area (Å²) in [5, 5.41) is 0. The Bertz CT molecular complexity index is 420. The van der Waals surface area contributed by atoms with E-state index in [1.165, 1.54) is 5.56 Å². The minimum Gasteiger partial charge on any atom is -0.398 e. The Morgan fingerprint density at radius 2 is 2.21 bits per heavy atom. The van der Waals surface area contributed by atoms with Crippen LogP contribution in [-0.2, 0) is 11.3 Å². The van der Waals surface area contributed by atoms with Gasteiger partial charge in [0, 0.05) is 31.9 Å². The second-order valence-corrected chi connectivity index (χ2v) is 5.68. The molecule has 106 valence electrons. The van der Waals surface area contributed by atoms with Gasteiger partial charge in [-0.2, -0.15) is 0 Å². The van der Waals surface area contributed by atoms with Crippen molar-refractivity contribution in [3.8, 4) is 0 Å². The van der Waals surface area contributed by atoms with Crippen LogP contribution in [-0.4, -0.2) is 31.1 Å². The smallest absolute Gasteiger partial charge is 0.0952 e. The number of ether oxygens (including phenoxy) is 1. The molecule has 19 heavy (non-hydrogen) atoms. The summed E-state index contributed by atoms with van der Waals surface area (Å²) in [6, 6.07) is 6.07. The van der Waals surface area contributed by atoms with Gasteiger partial charge in [-0.15, -0.1) is 0 Å². The molecule has 0 unspecified atom stereocenters. The van der Waals surface area contributed by atoms with Crippen molar-refractivity contribution in [2.24, 2.45) is 11.7 Å². The third kappa shape index (κ3) is 3.69. The monoisotopic (exact) mass is 263 g/mol. The number of morpholine rings is 1. The summed E-state index contributed by atoms with van der Waals surface area (Å²) in [7, 11) is 0. The van der Waals surface area contributed by atoms with Gasteiger partial charge in [-0.3, -0.25) is 4.90 Å². The van der Waals surface area contributed by atoms with E-state index in [4.69, 9.17) is 16.2 Å². The third-order valence-electron chi connectivity index (χ3n) is 3.53. The predicted octanol–water partition coefficient (Wildman–Crippen LogP) is 1.76. The zero-order valence-electron chi connectivity index (χ0n) is 11.9. The van der Waals surface area contributed by atoms with Crippen LogP contribution in [0.2, 0.25) is 0 Å². The topological polar surface area (TPSA) is 64.5 Å². The fourth-order valence-corrected chi connectivity index (χ4v) is 2.59. The number of nitrogen functional groups attached to an aromatic ring is 1. The standard InChI is InChI=1S/C15H25N3O/c1-11(2)9-18-5-6-19-15(10-18)12-3-4-14(17)13(7-12)8-16/h3-4,7,11,15H,5-6,8-10,16-17H2,1-2H3/t15-/m0/s1. The Labute approximate surface area is 115 Å².